The van der Waals surface area contributed by atoms with E-state index in [4.69, 9.17) is 9.84 Å². The van der Waals surface area contributed by atoms with Gasteiger partial charge in [-0.15, -0.1) is 0 Å². The molecule has 1 heterocycles. The third kappa shape index (κ3) is 4.01. The summed E-state index contributed by atoms with van der Waals surface area (Å²) in [6.07, 6.45) is 2.02. The molecule has 1 aromatic carbocycles. The van der Waals surface area contributed by atoms with E-state index >= 15 is 0 Å². The van der Waals surface area contributed by atoms with E-state index in [0.717, 1.165) is 26.5 Å². The molecule has 1 amide bonds. The van der Waals surface area contributed by atoms with Gasteiger partial charge in [-0.3, -0.25) is 4.90 Å². The van der Waals surface area contributed by atoms with Gasteiger partial charge in [0, 0.05) is 18.6 Å². The molecule has 23 heavy (non-hydrogen) atoms. The Kier molecular flexibility index (Phi) is 5.31. The molecule has 1 saturated heterocycles. The van der Waals surface area contributed by atoms with Crippen molar-refractivity contribution in [2.24, 2.45) is 5.92 Å². The van der Waals surface area contributed by atoms with Crippen molar-refractivity contribution in [3.05, 3.63) is 29.8 Å². The minimum absolute atomic E-state index is 0.0579. The molecule has 2 aliphatic rings. The first-order valence-electron chi connectivity index (χ1n) is 8.01. The summed E-state index contributed by atoms with van der Waals surface area (Å²) in [7, 11) is 1.00. The Bertz CT molecular complexity index is 552. The third-order valence-corrected chi connectivity index (χ3v) is 5.69. The van der Waals surface area contributed by atoms with E-state index in [-0.39, 0.29) is 11.0 Å². The molecule has 0 spiro atoms. The number of thioether (sulfide) groups is 1. The zero-order valence-electron chi connectivity index (χ0n) is 14.6. The number of carbonyl (C=O) groups is 1. The lowest BCUT2D eigenvalue weighted by atomic mass is 10.2. The average molecular weight is 337 g/mol. The van der Waals surface area contributed by atoms with E-state index in [9.17, 15) is 4.79 Å². The van der Waals surface area contributed by atoms with Crippen LogP contribution < -0.4 is 0 Å². The molecule has 5 heteroatoms. The Labute approximate surface area is 143 Å². The van der Waals surface area contributed by atoms with Gasteiger partial charge >= 0.3 is 6.09 Å². The fourth-order valence-corrected chi connectivity index (χ4v) is 4.51. The minimum atomic E-state index is -0.431. The van der Waals surface area contributed by atoms with Crippen LogP contribution in [0.5, 0.6) is 0 Å². The molecule has 1 aliphatic carbocycles. The maximum absolute atomic E-state index is 12.4. The molecule has 4 nitrogen and oxygen atoms in total. The van der Waals surface area contributed by atoms with Crippen molar-refractivity contribution < 1.29 is 14.6 Å². The van der Waals surface area contributed by atoms with Crippen LogP contribution >= 0.6 is 11.8 Å². The van der Waals surface area contributed by atoms with Gasteiger partial charge in [0.05, 0.1) is 4.87 Å². The predicted octanol–water partition coefficient (Wildman–Crippen LogP) is 4.05. The molecule has 1 N–H and O–H groups in total. The number of hydrogen-bond donors (Lipinski definition) is 1. The lowest BCUT2D eigenvalue weighted by molar-refractivity contribution is 0.0244. The molecule has 1 aliphatic heterocycles. The molecule has 3 rings (SSSR count). The molecular formula is C18H27NO3S. The van der Waals surface area contributed by atoms with Crippen molar-refractivity contribution in [1.29, 1.82) is 0 Å². The monoisotopic (exact) mass is 337 g/mol. The molecule has 128 valence electrons. The highest BCUT2D eigenvalue weighted by molar-refractivity contribution is 8.01. The first-order valence-corrected chi connectivity index (χ1v) is 8.83. The molecule has 2 atom stereocenters. The second kappa shape index (κ2) is 6.73. The predicted molar refractivity (Wildman–Crippen MR) is 93.6 cm³/mol. The second-order valence-corrected chi connectivity index (χ2v) is 8.46. The van der Waals surface area contributed by atoms with E-state index in [1.54, 1.807) is 0 Å². The summed E-state index contributed by atoms with van der Waals surface area (Å²) in [6.45, 7) is 8.68. The highest BCUT2D eigenvalue weighted by atomic mass is 32.2. The van der Waals surface area contributed by atoms with Crippen molar-refractivity contribution in [2.45, 2.75) is 55.9 Å². The van der Waals surface area contributed by atoms with Gasteiger partial charge < -0.3 is 9.84 Å². The fourth-order valence-electron chi connectivity index (χ4n) is 2.98. The van der Waals surface area contributed by atoms with E-state index in [0.29, 0.717) is 5.92 Å². The number of piperidine rings is 1. The summed E-state index contributed by atoms with van der Waals surface area (Å²) >= 11 is 1.82. The van der Waals surface area contributed by atoms with Gasteiger partial charge in [-0.05, 0) is 58.6 Å². The zero-order chi connectivity index (χ0) is 17.3. The number of amides is 1. The van der Waals surface area contributed by atoms with Crippen LogP contribution in [0.4, 0.5) is 4.79 Å². The maximum atomic E-state index is 12.4. The number of carbonyl (C=O) groups excluding carboxylic acids is 1. The average Bonchev–Trinajstić information content (AvgIpc) is 3.05. The van der Waals surface area contributed by atoms with Crippen LogP contribution in [-0.4, -0.2) is 40.2 Å². The lowest BCUT2D eigenvalue weighted by Crippen LogP contribution is -2.41. The van der Waals surface area contributed by atoms with Crippen molar-refractivity contribution >= 4 is 17.9 Å². The maximum Gasteiger partial charge on any atom is 0.411 e. The van der Waals surface area contributed by atoms with Gasteiger partial charge in [-0.2, -0.15) is 0 Å². The Balaban J connectivity index is 0.000000924. The first-order chi connectivity index (χ1) is 10.8. The van der Waals surface area contributed by atoms with Crippen LogP contribution in [0.15, 0.2) is 29.2 Å². The van der Waals surface area contributed by atoms with E-state index in [1.165, 1.54) is 10.5 Å². The number of ether oxygens (including phenoxy) is 1. The molecule has 0 radical (unpaired) electrons. The first kappa shape index (κ1) is 18.1. The van der Waals surface area contributed by atoms with Crippen LogP contribution in [0, 0.1) is 12.8 Å². The summed E-state index contributed by atoms with van der Waals surface area (Å²) in [5.74, 6) is 0.622. The number of hydrogen-bond acceptors (Lipinski definition) is 4. The van der Waals surface area contributed by atoms with Crippen LogP contribution in [0.2, 0.25) is 0 Å². The Morgan fingerprint density at radius 3 is 2.43 bits per heavy atom. The number of aliphatic hydroxyl groups is 1. The minimum Gasteiger partial charge on any atom is -0.444 e. The molecule has 1 aromatic rings. The Hall–Kier alpha value is -1.20. The van der Waals surface area contributed by atoms with Crippen LogP contribution in [0.3, 0.4) is 0 Å². The molecule has 1 saturated carbocycles. The van der Waals surface area contributed by atoms with Gasteiger partial charge in [-0.1, -0.05) is 29.5 Å². The van der Waals surface area contributed by atoms with Gasteiger partial charge in [-0.25, -0.2) is 4.79 Å². The van der Waals surface area contributed by atoms with E-state index in [1.807, 2.05) is 37.4 Å². The normalized spacial score (nSPS) is 25.3. The largest absolute Gasteiger partial charge is 0.444 e. The topological polar surface area (TPSA) is 49.8 Å². The molecule has 2 unspecified atom stereocenters. The molecule has 2 fully saturated rings. The highest BCUT2D eigenvalue weighted by Gasteiger charge is 2.65. The van der Waals surface area contributed by atoms with Gasteiger partial charge in [0.25, 0.3) is 0 Å². The number of aryl methyl sites for hydroxylation is 1. The summed E-state index contributed by atoms with van der Waals surface area (Å²) in [5, 5.41) is 7.00. The second-order valence-electron chi connectivity index (χ2n) is 7.08. The number of benzene rings is 1. The van der Waals surface area contributed by atoms with Crippen LogP contribution in [0.25, 0.3) is 0 Å². The third-order valence-electron chi connectivity index (χ3n) is 4.10. The van der Waals surface area contributed by atoms with Crippen LogP contribution in [-0.2, 0) is 4.74 Å². The summed E-state index contributed by atoms with van der Waals surface area (Å²) in [6, 6.07) is 8.55. The SMILES string of the molecule is CO.Cc1ccc(SC23CC2CCN3C(=O)OC(C)(C)C)cc1. The number of fused-ring (bicyclic) bond motifs is 1. The molecule has 0 bridgehead atoms. The van der Waals surface area contributed by atoms with E-state index < -0.39 is 5.60 Å². The Morgan fingerprint density at radius 2 is 1.91 bits per heavy atom. The van der Waals surface area contributed by atoms with Crippen molar-refractivity contribution in [2.75, 3.05) is 13.7 Å². The smallest absolute Gasteiger partial charge is 0.411 e. The standard InChI is InChI=1S/C17H23NO2S.CH4O/c1-12-5-7-14(8-6-12)21-17-11-13(17)9-10-18(17)15(19)20-16(2,3)4;1-2/h5-8,13H,9-11H2,1-4H3;2H,1H3. The quantitative estimate of drug-likeness (QED) is 0.884. The fraction of sp³-hybridized carbons (Fsp3) is 0.611. The molecular weight excluding hydrogens is 310 g/mol. The summed E-state index contributed by atoms with van der Waals surface area (Å²) in [4.78, 5) is 15.6. The highest BCUT2D eigenvalue weighted by Crippen LogP contribution is 2.64. The van der Waals surface area contributed by atoms with Crippen molar-refractivity contribution in [1.82, 2.24) is 4.90 Å². The number of likely N-dealkylation sites (tertiary alicyclic amines) is 1. The van der Waals surface area contributed by atoms with Crippen molar-refractivity contribution in [3.63, 3.8) is 0 Å². The number of rotatable bonds is 2. The molecule has 0 aromatic heterocycles. The number of aliphatic hydroxyl groups excluding tert-OH is 1. The summed E-state index contributed by atoms with van der Waals surface area (Å²) in [5.41, 5.74) is 0.833. The van der Waals surface area contributed by atoms with Gasteiger partial charge in [0.15, 0.2) is 0 Å². The lowest BCUT2D eigenvalue weighted by Gasteiger charge is -2.30. The van der Waals surface area contributed by atoms with Crippen LogP contribution in [0.1, 0.15) is 39.2 Å². The van der Waals surface area contributed by atoms with Crippen molar-refractivity contribution in [3.8, 4) is 0 Å². The zero-order valence-corrected chi connectivity index (χ0v) is 15.4. The van der Waals surface area contributed by atoms with Gasteiger partial charge in [0.2, 0.25) is 0 Å². The Morgan fingerprint density at radius 1 is 1.30 bits per heavy atom. The van der Waals surface area contributed by atoms with Gasteiger partial charge in [0.1, 0.15) is 5.60 Å². The summed E-state index contributed by atoms with van der Waals surface area (Å²) < 4.78 is 5.57. The number of nitrogens with zero attached hydrogens (tertiary/aromatic N) is 1. The van der Waals surface area contributed by atoms with E-state index in [2.05, 4.69) is 31.2 Å².